The zero-order valence-corrected chi connectivity index (χ0v) is 15.1. The summed E-state index contributed by atoms with van der Waals surface area (Å²) in [6.07, 6.45) is 3.01. The van der Waals surface area contributed by atoms with Crippen molar-refractivity contribution in [3.05, 3.63) is 17.5 Å². The summed E-state index contributed by atoms with van der Waals surface area (Å²) in [6, 6.07) is 1.57. The molecule has 0 unspecified atom stereocenters. The first-order valence-corrected chi connectivity index (χ1v) is 9.95. The fraction of sp³-hybridized carbons (Fsp3) is 0.733. The van der Waals surface area contributed by atoms with Crippen molar-refractivity contribution in [3.63, 3.8) is 0 Å². The quantitative estimate of drug-likeness (QED) is 0.836. The monoisotopic (exact) mass is 342 g/mol. The molecule has 8 heteroatoms. The lowest BCUT2D eigenvalue weighted by atomic mass is 9.99. The first kappa shape index (κ1) is 17.9. The average Bonchev–Trinajstić information content (AvgIpc) is 3.01. The van der Waals surface area contributed by atoms with Crippen LogP contribution in [0.1, 0.15) is 42.9 Å². The van der Waals surface area contributed by atoms with E-state index in [2.05, 4.69) is 16.7 Å². The van der Waals surface area contributed by atoms with E-state index in [9.17, 15) is 13.2 Å². The van der Waals surface area contributed by atoms with E-state index in [0.717, 1.165) is 24.8 Å². The summed E-state index contributed by atoms with van der Waals surface area (Å²) in [5.41, 5.74) is 1.38. The van der Waals surface area contributed by atoms with E-state index in [1.54, 1.807) is 15.6 Å². The van der Waals surface area contributed by atoms with Gasteiger partial charge in [-0.3, -0.25) is 9.48 Å². The molecule has 2 atom stereocenters. The second-order valence-electron chi connectivity index (χ2n) is 6.24. The summed E-state index contributed by atoms with van der Waals surface area (Å²) in [5, 5.41) is 4.31. The summed E-state index contributed by atoms with van der Waals surface area (Å²) in [7, 11) is -3.29. The van der Waals surface area contributed by atoms with E-state index in [-0.39, 0.29) is 17.9 Å². The molecule has 130 valence electrons. The second-order valence-corrected chi connectivity index (χ2v) is 8.02. The number of aryl methyl sites for hydroxylation is 2. The van der Waals surface area contributed by atoms with Gasteiger partial charge in [0.2, 0.25) is 10.0 Å². The van der Waals surface area contributed by atoms with E-state index in [1.165, 1.54) is 0 Å². The minimum absolute atomic E-state index is 0.0774. The fourth-order valence-corrected chi connectivity index (χ4v) is 4.05. The Balaban J connectivity index is 2.18. The number of nitrogens with one attached hydrogen (secondary N) is 1. The average molecular weight is 342 g/mol. The van der Waals surface area contributed by atoms with Crippen molar-refractivity contribution in [1.82, 2.24) is 19.4 Å². The van der Waals surface area contributed by atoms with Crippen LogP contribution in [0.4, 0.5) is 0 Å². The number of amides is 1. The number of aromatic nitrogens is 2. The van der Waals surface area contributed by atoms with Gasteiger partial charge in [-0.2, -0.15) is 5.10 Å². The third-order valence-corrected chi connectivity index (χ3v) is 4.90. The number of carbonyl (C=O) groups is 1. The van der Waals surface area contributed by atoms with Gasteiger partial charge in [0, 0.05) is 25.7 Å². The maximum atomic E-state index is 12.8. The van der Waals surface area contributed by atoms with Crippen molar-refractivity contribution in [2.24, 2.45) is 5.92 Å². The third-order valence-electron chi connectivity index (χ3n) is 4.17. The smallest absolute Gasteiger partial charge is 0.272 e. The molecule has 7 nitrogen and oxygen atoms in total. The zero-order chi connectivity index (χ0) is 17.2. The maximum Gasteiger partial charge on any atom is 0.272 e. The van der Waals surface area contributed by atoms with Crippen LogP contribution in [-0.4, -0.2) is 54.4 Å². The Morgan fingerprint density at radius 1 is 1.39 bits per heavy atom. The van der Waals surface area contributed by atoms with Gasteiger partial charge in [0.15, 0.2) is 0 Å². The summed E-state index contributed by atoms with van der Waals surface area (Å²) >= 11 is 0. The van der Waals surface area contributed by atoms with Crippen molar-refractivity contribution in [2.75, 3.05) is 19.3 Å². The predicted octanol–water partition coefficient (Wildman–Crippen LogP) is 1.00. The van der Waals surface area contributed by atoms with Crippen molar-refractivity contribution in [3.8, 4) is 0 Å². The van der Waals surface area contributed by atoms with Crippen LogP contribution < -0.4 is 4.72 Å². The van der Waals surface area contributed by atoms with Crippen molar-refractivity contribution in [1.29, 1.82) is 0 Å². The van der Waals surface area contributed by atoms with Crippen LogP contribution in [-0.2, 0) is 16.6 Å². The molecule has 0 aromatic carbocycles. The normalized spacial score (nSPS) is 21.8. The van der Waals surface area contributed by atoms with Gasteiger partial charge in [0.25, 0.3) is 5.91 Å². The Morgan fingerprint density at radius 3 is 2.65 bits per heavy atom. The van der Waals surface area contributed by atoms with E-state index in [4.69, 9.17) is 0 Å². The molecule has 1 aliphatic rings. The van der Waals surface area contributed by atoms with Crippen LogP contribution in [0.3, 0.4) is 0 Å². The summed E-state index contributed by atoms with van der Waals surface area (Å²) < 4.78 is 27.5. The molecule has 1 fully saturated rings. The molecule has 0 radical (unpaired) electrons. The van der Waals surface area contributed by atoms with Crippen molar-refractivity contribution in [2.45, 2.75) is 46.2 Å². The lowest BCUT2D eigenvalue weighted by molar-refractivity contribution is 0.0772. The topological polar surface area (TPSA) is 84.3 Å². The van der Waals surface area contributed by atoms with Gasteiger partial charge >= 0.3 is 0 Å². The Labute approximate surface area is 138 Å². The van der Waals surface area contributed by atoms with E-state index in [1.807, 2.05) is 13.8 Å². The largest absolute Gasteiger partial charge is 0.335 e. The lowest BCUT2D eigenvalue weighted by Crippen LogP contribution is -2.40. The Hall–Kier alpha value is -1.41. The number of sulfonamides is 1. The summed E-state index contributed by atoms with van der Waals surface area (Å²) in [5.74, 6) is 0.0733. The molecule has 1 N–H and O–H groups in total. The Bertz CT molecular complexity index is 668. The molecule has 2 rings (SSSR count). The van der Waals surface area contributed by atoms with Gasteiger partial charge in [0.05, 0.1) is 11.9 Å². The highest BCUT2D eigenvalue weighted by Gasteiger charge is 2.37. The Morgan fingerprint density at radius 2 is 2.09 bits per heavy atom. The van der Waals surface area contributed by atoms with Crippen molar-refractivity contribution < 1.29 is 13.2 Å². The van der Waals surface area contributed by atoms with Gasteiger partial charge in [-0.05, 0) is 32.3 Å². The SMILES string of the molecule is CCC[C@@H]1CN(C(=O)c2cc(C)nn2CC)C[C@H]1NS(C)(=O)=O. The fourth-order valence-electron chi connectivity index (χ4n) is 3.23. The minimum Gasteiger partial charge on any atom is -0.335 e. The van der Waals surface area contributed by atoms with E-state index < -0.39 is 10.0 Å². The lowest BCUT2D eigenvalue weighted by Gasteiger charge is -2.17. The number of nitrogens with zero attached hydrogens (tertiary/aromatic N) is 3. The summed E-state index contributed by atoms with van der Waals surface area (Å²) in [6.45, 7) is 7.49. The van der Waals surface area contributed by atoms with Crippen LogP contribution in [0.5, 0.6) is 0 Å². The molecule has 1 aliphatic heterocycles. The molecule has 0 spiro atoms. The van der Waals surface area contributed by atoms with Gasteiger partial charge in [0.1, 0.15) is 5.69 Å². The highest BCUT2D eigenvalue weighted by atomic mass is 32.2. The molecule has 0 bridgehead atoms. The molecule has 2 heterocycles. The molecule has 0 aliphatic carbocycles. The van der Waals surface area contributed by atoms with Gasteiger partial charge < -0.3 is 4.90 Å². The van der Waals surface area contributed by atoms with Gasteiger partial charge in [-0.15, -0.1) is 0 Å². The van der Waals surface area contributed by atoms with Crippen LogP contribution >= 0.6 is 0 Å². The van der Waals surface area contributed by atoms with E-state index >= 15 is 0 Å². The molecule has 0 saturated carbocycles. The van der Waals surface area contributed by atoms with Crippen LogP contribution in [0.2, 0.25) is 0 Å². The standard InChI is InChI=1S/C15H26N4O3S/c1-5-7-12-9-18(10-13(12)17-23(4,21)22)15(20)14-8-11(3)16-19(14)6-2/h8,12-13,17H,5-7,9-10H2,1-4H3/t12-,13-/m1/s1. The Kier molecular flexibility index (Phi) is 5.46. The molecule has 23 heavy (non-hydrogen) atoms. The minimum atomic E-state index is -3.29. The van der Waals surface area contributed by atoms with Crippen LogP contribution in [0, 0.1) is 12.8 Å². The number of likely N-dealkylation sites (tertiary alicyclic amines) is 1. The molecule has 1 saturated heterocycles. The first-order valence-electron chi connectivity index (χ1n) is 8.06. The summed E-state index contributed by atoms with van der Waals surface area (Å²) in [4.78, 5) is 14.5. The molecule has 1 aromatic rings. The molecular weight excluding hydrogens is 316 g/mol. The molecule has 1 amide bonds. The molecule has 1 aromatic heterocycles. The highest BCUT2D eigenvalue weighted by molar-refractivity contribution is 7.88. The molecular formula is C15H26N4O3S. The van der Waals surface area contributed by atoms with Crippen LogP contribution in [0.25, 0.3) is 0 Å². The van der Waals surface area contributed by atoms with E-state index in [0.29, 0.717) is 25.3 Å². The predicted molar refractivity (Wildman–Crippen MR) is 88.7 cm³/mol. The number of carbonyl (C=O) groups excluding carboxylic acids is 1. The first-order chi connectivity index (χ1) is 10.7. The second kappa shape index (κ2) is 7.00. The van der Waals surface area contributed by atoms with Gasteiger partial charge in [-0.1, -0.05) is 13.3 Å². The zero-order valence-electron chi connectivity index (χ0n) is 14.2. The number of rotatable bonds is 6. The maximum absolute atomic E-state index is 12.8. The number of hydrogen-bond acceptors (Lipinski definition) is 4. The number of hydrogen-bond donors (Lipinski definition) is 1. The highest BCUT2D eigenvalue weighted by Crippen LogP contribution is 2.24. The van der Waals surface area contributed by atoms with Gasteiger partial charge in [-0.25, -0.2) is 13.1 Å². The third kappa shape index (κ3) is 4.32. The van der Waals surface area contributed by atoms with Crippen molar-refractivity contribution >= 4 is 15.9 Å². The van der Waals surface area contributed by atoms with Crippen LogP contribution in [0.15, 0.2) is 6.07 Å².